The quantitative estimate of drug-likeness (QED) is 0.271. The Hall–Kier alpha value is -4.28. The number of ether oxygens (including phenoxy) is 4. The third kappa shape index (κ3) is 6.92. The third-order valence-corrected chi connectivity index (χ3v) is 8.43. The van der Waals surface area contributed by atoms with Crippen LogP contribution in [0.5, 0.6) is 23.0 Å². The van der Waals surface area contributed by atoms with Crippen LogP contribution in [0.2, 0.25) is 0 Å². The van der Waals surface area contributed by atoms with Crippen LogP contribution in [0, 0.1) is 5.92 Å². The maximum absolute atomic E-state index is 14.0. The number of fused-ring (bicyclic) bond motifs is 1. The number of methoxy groups -OCH3 is 1. The molecule has 2 aliphatic heterocycles. The fourth-order valence-electron chi connectivity index (χ4n) is 6.19. The van der Waals surface area contributed by atoms with Crippen LogP contribution in [0.15, 0.2) is 66.7 Å². The minimum absolute atomic E-state index is 0.0702. The number of benzene rings is 3. The SMILES string of the molecule is CCCCN(C(=O)CN1C[C@H](c2ccc3c(c2)OCO3)[C@@H](C(=O)O)[C@@H]1CCOc1ccccc1OC)c1cccc(CN)c1. The Kier molecular flexibility index (Phi) is 10.2. The summed E-state index contributed by atoms with van der Waals surface area (Å²) in [7, 11) is 1.58. The van der Waals surface area contributed by atoms with E-state index in [4.69, 9.17) is 24.7 Å². The number of carboxylic acid groups (broad SMARTS) is 1. The van der Waals surface area contributed by atoms with Crippen LogP contribution < -0.4 is 29.6 Å². The van der Waals surface area contributed by atoms with Gasteiger partial charge in [-0.15, -0.1) is 0 Å². The summed E-state index contributed by atoms with van der Waals surface area (Å²) in [4.78, 5) is 30.7. The Morgan fingerprint density at radius 1 is 1.05 bits per heavy atom. The number of nitrogens with zero attached hydrogens (tertiary/aromatic N) is 2. The summed E-state index contributed by atoms with van der Waals surface area (Å²) in [6.07, 6.45) is 2.17. The fraction of sp³-hybridized carbons (Fsp3) is 0.412. The van der Waals surface area contributed by atoms with Crippen molar-refractivity contribution in [2.24, 2.45) is 11.7 Å². The van der Waals surface area contributed by atoms with Gasteiger partial charge in [0.25, 0.3) is 0 Å². The van der Waals surface area contributed by atoms with Crippen LogP contribution >= 0.6 is 0 Å². The Morgan fingerprint density at radius 3 is 2.59 bits per heavy atom. The van der Waals surface area contributed by atoms with Crippen molar-refractivity contribution in [1.82, 2.24) is 4.90 Å². The summed E-state index contributed by atoms with van der Waals surface area (Å²) in [5, 5.41) is 10.6. The van der Waals surface area contributed by atoms with Crippen LogP contribution in [-0.2, 0) is 16.1 Å². The second-order valence-corrected chi connectivity index (χ2v) is 11.1. The summed E-state index contributed by atoms with van der Waals surface area (Å²) in [5.74, 6) is 0.291. The number of rotatable bonds is 14. The minimum atomic E-state index is -0.914. The number of likely N-dealkylation sites (tertiary alicyclic amines) is 1. The van der Waals surface area contributed by atoms with Gasteiger partial charge in [0, 0.05) is 37.3 Å². The molecule has 3 atom stereocenters. The molecule has 0 unspecified atom stereocenters. The molecule has 10 nitrogen and oxygen atoms in total. The van der Waals surface area contributed by atoms with Crippen LogP contribution in [0.1, 0.15) is 43.2 Å². The van der Waals surface area contributed by atoms with E-state index in [-0.39, 0.29) is 31.8 Å². The number of unbranched alkanes of at least 4 members (excludes halogenated alkanes) is 1. The Bertz CT molecular complexity index is 1450. The number of carbonyl (C=O) groups is 2. The molecule has 3 N–H and O–H groups in total. The molecule has 1 fully saturated rings. The number of amides is 1. The van der Waals surface area contributed by atoms with Gasteiger partial charge in [0.15, 0.2) is 23.0 Å². The number of carboxylic acids is 1. The normalized spacial score (nSPS) is 19.1. The summed E-state index contributed by atoms with van der Waals surface area (Å²) in [6, 6.07) is 20.2. The van der Waals surface area contributed by atoms with Crippen LogP contribution in [0.3, 0.4) is 0 Å². The highest BCUT2D eigenvalue weighted by atomic mass is 16.7. The van der Waals surface area contributed by atoms with E-state index >= 15 is 0 Å². The number of hydrogen-bond acceptors (Lipinski definition) is 8. The molecule has 234 valence electrons. The van der Waals surface area contributed by atoms with E-state index in [1.165, 1.54) is 0 Å². The molecule has 5 rings (SSSR count). The van der Waals surface area contributed by atoms with E-state index in [1.54, 1.807) is 12.0 Å². The van der Waals surface area contributed by atoms with Crippen LogP contribution in [-0.4, -0.2) is 68.1 Å². The van der Waals surface area contributed by atoms with E-state index in [0.29, 0.717) is 49.1 Å². The van der Waals surface area contributed by atoms with Gasteiger partial charge >= 0.3 is 5.97 Å². The van der Waals surface area contributed by atoms with Gasteiger partial charge in [0.2, 0.25) is 12.7 Å². The van der Waals surface area contributed by atoms with Gasteiger partial charge in [-0.3, -0.25) is 14.5 Å². The first-order chi connectivity index (χ1) is 21.4. The predicted molar refractivity (Wildman–Crippen MR) is 166 cm³/mol. The average molecular weight is 604 g/mol. The molecule has 2 aliphatic rings. The Labute approximate surface area is 258 Å². The van der Waals surface area contributed by atoms with Crippen molar-refractivity contribution < 1.29 is 33.6 Å². The summed E-state index contributed by atoms with van der Waals surface area (Å²) < 4.78 is 22.6. The first-order valence-electron chi connectivity index (χ1n) is 15.1. The highest BCUT2D eigenvalue weighted by Crippen LogP contribution is 2.43. The average Bonchev–Trinajstić information content (AvgIpc) is 3.66. The molecular formula is C34H41N3O7. The molecule has 3 aromatic rings. The van der Waals surface area contributed by atoms with E-state index in [0.717, 1.165) is 29.7 Å². The van der Waals surface area contributed by atoms with Crippen molar-refractivity contribution in [3.63, 3.8) is 0 Å². The van der Waals surface area contributed by atoms with Crippen LogP contribution in [0.4, 0.5) is 5.69 Å². The molecule has 0 radical (unpaired) electrons. The molecule has 10 heteroatoms. The molecule has 0 aromatic heterocycles. The van der Waals surface area contributed by atoms with Crippen molar-refractivity contribution in [1.29, 1.82) is 0 Å². The fourth-order valence-corrected chi connectivity index (χ4v) is 6.19. The number of aliphatic carboxylic acids is 1. The monoisotopic (exact) mass is 603 g/mol. The smallest absolute Gasteiger partial charge is 0.308 e. The van der Waals surface area contributed by atoms with E-state index in [2.05, 4.69) is 6.92 Å². The number of nitrogens with two attached hydrogens (primary N) is 1. The molecule has 0 spiro atoms. The Balaban J connectivity index is 1.42. The second kappa shape index (κ2) is 14.5. The van der Waals surface area contributed by atoms with Crippen molar-refractivity contribution in [3.8, 4) is 23.0 Å². The molecule has 0 aliphatic carbocycles. The van der Waals surface area contributed by atoms with Crippen LogP contribution in [0.25, 0.3) is 0 Å². The Morgan fingerprint density at radius 2 is 1.84 bits per heavy atom. The number of para-hydroxylation sites is 2. The zero-order chi connectivity index (χ0) is 31.1. The summed E-state index contributed by atoms with van der Waals surface area (Å²) in [5.41, 5.74) is 8.47. The molecule has 1 amide bonds. The van der Waals surface area contributed by atoms with Crippen molar-refractivity contribution in [2.75, 3.05) is 45.0 Å². The van der Waals surface area contributed by atoms with Gasteiger partial charge in [-0.2, -0.15) is 0 Å². The van der Waals surface area contributed by atoms with Crippen molar-refractivity contribution in [3.05, 3.63) is 77.9 Å². The maximum Gasteiger partial charge on any atom is 0.308 e. The highest BCUT2D eigenvalue weighted by Gasteiger charge is 2.47. The minimum Gasteiger partial charge on any atom is -0.493 e. The zero-order valence-corrected chi connectivity index (χ0v) is 25.3. The predicted octanol–water partition coefficient (Wildman–Crippen LogP) is 4.65. The maximum atomic E-state index is 14.0. The molecule has 1 saturated heterocycles. The lowest BCUT2D eigenvalue weighted by molar-refractivity contribution is -0.143. The third-order valence-electron chi connectivity index (χ3n) is 8.43. The summed E-state index contributed by atoms with van der Waals surface area (Å²) in [6.45, 7) is 3.88. The molecule has 0 saturated carbocycles. The van der Waals surface area contributed by atoms with Crippen molar-refractivity contribution >= 4 is 17.6 Å². The lowest BCUT2D eigenvalue weighted by Gasteiger charge is -2.30. The first kappa shape index (κ1) is 31.2. The van der Waals surface area contributed by atoms with Gasteiger partial charge in [0.05, 0.1) is 26.2 Å². The van der Waals surface area contributed by atoms with Gasteiger partial charge in [-0.1, -0.05) is 43.7 Å². The summed E-state index contributed by atoms with van der Waals surface area (Å²) >= 11 is 0. The van der Waals surface area contributed by atoms with Gasteiger partial charge in [-0.25, -0.2) is 0 Å². The molecule has 3 aromatic carbocycles. The number of carbonyl (C=O) groups excluding carboxylic acids is 1. The topological polar surface area (TPSA) is 124 Å². The zero-order valence-electron chi connectivity index (χ0n) is 25.3. The van der Waals surface area contributed by atoms with E-state index < -0.39 is 17.9 Å². The second-order valence-electron chi connectivity index (χ2n) is 11.1. The lowest BCUT2D eigenvalue weighted by atomic mass is 9.84. The lowest BCUT2D eigenvalue weighted by Crippen LogP contribution is -2.45. The van der Waals surface area contributed by atoms with E-state index in [9.17, 15) is 14.7 Å². The largest absolute Gasteiger partial charge is 0.493 e. The standard InChI is InChI=1S/C34H41N3O7/c1-3-4-15-37(25-9-7-8-23(17-25)19-35)32(38)21-36-20-26(24-12-13-30-31(18-24)44-22-43-30)33(34(39)40)27(36)14-16-42-29-11-6-5-10-28(29)41-2/h5-13,17-18,26-27,33H,3-4,14-16,19-22,35H2,1-2H3,(H,39,40)/t26-,27+,33-/m1/s1. The van der Waals surface area contributed by atoms with Crippen molar-refractivity contribution in [2.45, 2.75) is 44.7 Å². The van der Waals surface area contributed by atoms with Gasteiger partial charge in [-0.05, 0) is 60.4 Å². The van der Waals surface area contributed by atoms with E-state index in [1.807, 2.05) is 71.6 Å². The molecule has 0 bridgehead atoms. The molecular weight excluding hydrogens is 562 g/mol. The molecule has 44 heavy (non-hydrogen) atoms. The van der Waals surface area contributed by atoms with Gasteiger partial charge in [0.1, 0.15) is 0 Å². The number of hydrogen-bond donors (Lipinski definition) is 2. The first-order valence-corrected chi connectivity index (χ1v) is 15.1. The van der Waals surface area contributed by atoms with Gasteiger partial charge < -0.3 is 34.7 Å². The highest BCUT2D eigenvalue weighted by molar-refractivity contribution is 5.95. The molecule has 2 heterocycles. The number of anilines is 1.